The maximum absolute atomic E-state index is 12.4. The molecular formula is C16H24O5. The van der Waals surface area contributed by atoms with Crippen molar-refractivity contribution in [1.29, 1.82) is 0 Å². The number of aliphatic hydroxyl groups excluding tert-OH is 2. The molecule has 5 heteroatoms. The van der Waals surface area contributed by atoms with Gasteiger partial charge >= 0.3 is 5.97 Å². The first-order valence-corrected chi connectivity index (χ1v) is 7.61. The van der Waals surface area contributed by atoms with Crippen LogP contribution < -0.4 is 0 Å². The number of ether oxygens (including phenoxy) is 2. The first-order valence-electron chi connectivity index (χ1n) is 7.61. The average Bonchev–Trinajstić information content (AvgIpc) is 2.90. The molecule has 7 unspecified atom stereocenters. The van der Waals surface area contributed by atoms with Gasteiger partial charge in [-0.2, -0.15) is 0 Å². The Bertz CT molecular complexity index is 485. The summed E-state index contributed by atoms with van der Waals surface area (Å²) in [4.78, 5) is 12.4. The Hall–Kier alpha value is -0.910. The van der Waals surface area contributed by atoms with Crippen LogP contribution in [0.4, 0.5) is 0 Å². The molecule has 1 saturated carbocycles. The Labute approximate surface area is 124 Å². The van der Waals surface area contributed by atoms with Crippen LogP contribution in [0.25, 0.3) is 0 Å². The zero-order valence-electron chi connectivity index (χ0n) is 12.9. The van der Waals surface area contributed by atoms with Crippen LogP contribution in [0.1, 0.15) is 20.8 Å². The van der Waals surface area contributed by atoms with Crippen molar-refractivity contribution in [3.05, 3.63) is 11.6 Å². The Morgan fingerprint density at radius 1 is 1.48 bits per heavy atom. The van der Waals surface area contributed by atoms with E-state index in [9.17, 15) is 15.0 Å². The summed E-state index contributed by atoms with van der Waals surface area (Å²) in [6.45, 7) is 5.89. The molecule has 1 heterocycles. The van der Waals surface area contributed by atoms with Crippen LogP contribution in [0.5, 0.6) is 0 Å². The number of hydrogen-bond donors (Lipinski definition) is 2. The third-order valence-corrected chi connectivity index (χ3v) is 5.95. The molecule has 0 radical (unpaired) electrons. The minimum atomic E-state index is -0.809. The van der Waals surface area contributed by atoms with Gasteiger partial charge < -0.3 is 19.7 Å². The second-order valence-corrected chi connectivity index (χ2v) is 7.05. The van der Waals surface area contributed by atoms with Crippen molar-refractivity contribution in [2.45, 2.75) is 39.1 Å². The molecule has 0 aromatic rings. The quantitative estimate of drug-likeness (QED) is 0.593. The zero-order chi connectivity index (χ0) is 15.5. The lowest BCUT2D eigenvalue weighted by molar-refractivity contribution is -0.147. The van der Waals surface area contributed by atoms with Crippen molar-refractivity contribution in [3.63, 3.8) is 0 Å². The Balaban J connectivity index is 2.11. The van der Waals surface area contributed by atoms with Gasteiger partial charge in [0, 0.05) is 24.4 Å². The number of carbonyl (C=O) groups excluding carboxylic acids is 1. The standard InChI is InChI=1S/C16H24O5/c1-7(2)10-11-12-9(20-4)5-8(6-17)16(12,3)14(18)13(10)21-15(11)19/h5,7,9-14,17-18H,6H2,1-4H3. The van der Waals surface area contributed by atoms with Crippen molar-refractivity contribution in [2.24, 2.45) is 29.1 Å². The Morgan fingerprint density at radius 3 is 2.67 bits per heavy atom. The third kappa shape index (κ3) is 1.71. The predicted molar refractivity (Wildman–Crippen MR) is 75.3 cm³/mol. The molecule has 2 aliphatic carbocycles. The van der Waals surface area contributed by atoms with E-state index in [0.717, 1.165) is 5.57 Å². The summed E-state index contributed by atoms with van der Waals surface area (Å²) in [5.74, 6) is -0.468. The SMILES string of the molecule is COC1C=C(CO)C2(C)C(O)C3OC(=O)C(C3C(C)C)C12. The Kier molecular flexibility index (Phi) is 3.43. The van der Waals surface area contributed by atoms with E-state index in [1.165, 1.54) is 0 Å². The van der Waals surface area contributed by atoms with Crippen molar-refractivity contribution < 1.29 is 24.5 Å². The van der Waals surface area contributed by atoms with E-state index >= 15 is 0 Å². The van der Waals surface area contributed by atoms with Crippen LogP contribution in [0.3, 0.4) is 0 Å². The van der Waals surface area contributed by atoms with Crippen LogP contribution in [0.2, 0.25) is 0 Å². The van der Waals surface area contributed by atoms with E-state index in [2.05, 4.69) is 13.8 Å². The highest BCUT2D eigenvalue weighted by Gasteiger charge is 2.69. The molecular weight excluding hydrogens is 272 g/mol. The number of esters is 1. The molecule has 21 heavy (non-hydrogen) atoms. The fraction of sp³-hybridized carbons (Fsp3) is 0.812. The van der Waals surface area contributed by atoms with Gasteiger partial charge in [0.1, 0.15) is 12.2 Å². The third-order valence-electron chi connectivity index (χ3n) is 5.95. The van der Waals surface area contributed by atoms with Gasteiger partial charge in [0.25, 0.3) is 0 Å². The smallest absolute Gasteiger partial charge is 0.310 e. The zero-order valence-corrected chi connectivity index (χ0v) is 12.9. The summed E-state index contributed by atoms with van der Waals surface area (Å²) in [6, 6.07) is 0. The number of methoxy groups -OCH3 is 1. The number of aliphatic hydroxyl groups is 2. The lowest BCUT2D eigenvalue weighted by Gasteiger charge is -2.49. The summed E-state index contributed by atoms with van der Waals surface area (Å²) in [7, 11) is 1.60. The van der Waals surface area contributed by atoms with Crippen LogP contribution in [0.15, 0.2) is 11.6 Å². The van der Waals surface area contributed by atoms with Gasteiger partial charge in [-0.1, -0.05) is 26.8 Å². The van der Waals surface area contributed by atoms with Crippen LogP contribution in [-0.2, 0) is 14.3 Å². The number of fused-ring (bicyclic) bond motifs is 4. The fourth-order valence-electron chi connectivity index (χ4n) is 4.89. The molecule has 2 N–H and O–H groups in total. The lowest BCUT2D eigenvalue weighted by atomic mass is 9.55. The van der Waals surface area contributed by atoms with Crippen molar-refractivity contribution >= 4 is 5.97 Å². The molecule has 1 saturated heterocycles. The van der Waals surface area contributed by atoms with E-state index < -0.39 is 17.6 Å². The molecule has 5 nitrogen and oxygen atoms in total. The Morgan fingerprint density at radius 2 is 2.14 bits per heavy atom. The first kappa shape index (κ1) is 15.0. The second kappa shape index (κ2) is 4.80. The van der Waals surface area contributed by atoms with E-state index in [1.807, 2.05) is 13.0 Å². The summed E-state index contributed by atoms with van der Waals surface area (Å²) in [6.07, 6.45) is 0.300. The lowest BCUT2D eigenvalue weighted by Crippen LogP contribution is -2.58. The molecule has 3 rings (SSSR count). The van der Waals surface area contributed by atoms with Gasteiger partial charge in [-0.05, 0) is 11.5 Å². The fourth-order valence-corrected chi connectivity index (χ4v) is 4.89. The average molecular weight is 296 g/mol. The molecule has 3 aliphatic rings. The largest absolute Gasteiger partial charge is 0.459 e. The van der Waals surface area contributed by atoms with Gasteiger partial charge in [-0.15, -0.1) is 0 Å². The number of rotatable bonds is 3. The van der Waals surface area contributed by atoms with E-state index in [-0.39, 0.29) is 42.4 Å². The minimum absolute atomic E-state index is 0.00494. The van der Waals surface area contributed by atoms with E-state index in [1.54, 1.807) is 7.11 Å². The molecule has 0 amide bonds. The van der Waals surface area contributed by atoms with Crippen molar-refractivity contribution in [3.8, 4) is 0 Å². The molecule has 1 aliphatic heterocycles. The molecule has 0 spiro atoms. The summed E-state index contributed by atoms with van der Waals surface area (Å²) < 4.78 is 11.1. The summed E-state index contributed by atoms with van der Waals surface area (Å²) >= 11 is 0. The highest BCUT2D eigenvalue weighted by Crippen LogP contribution is 2.61. The number of hydrogen-bond acceptors (Lipinski definition) is 5. The highest BCUT2D eigenvalue weighted by molar-refractivity contribution is 5.77. The van der Waals surface area contributed by atoms with E-state index in [4.69, 9.17) is 9.47 Å². The van der Waals surface area contributed by atoms with Crippen LogP contribution >= 0.6 is 0 Å². The van der Waals surface area contributed by atoms with Gasteiger partial charge in [0.05, 0.1) is 18.6 Å². The first-order chi connectivity index (χ1) is 9.87. The van der Waals surface area contributed by atoms with Crippen molar-refractivity contribution in [2.75, 3.05) is 13.7 Å². The van der Waals surface area contributed by atoms with Crippen molar-refractivity contribution in [1.82, 2.24) is 0 Å². The minimum Gasteiger partial charge on any atom is -0.459 e. The summed E-state index contributed by atoms with van der Waals surface area (Å²) in [5.41, 5.74) is 0.0878. The summed E-state index contributed by atoms with van der Waals surface area (Å²) in [5, 5.41) is 20.6. The second-order valence-electron chi connectivity index (χ2n) is 7.05. The topological polar surface area (TPSA) is 76.0 Å². The highest BCUT2D eigenvalue weighted by atomic mass is 16.6. The van der Waals surface area contributed by atoms with Gasteiger partial charge in [-0.25, -0.2) is 0 Å². The maximum Gasteiger partial charge on any atom is 0.310 e. The van der Waals surface area contributed by atoms with Crippen LogP contribution in [0, 0.1) is 29.1 Å². The monoisotopic (exact) mass is 296 g/mol. The molecule has 2 fully saturated rings. The van der Waals surface area contributed by atoms with Gasteiger partial charge in [0.15, 0.2) is 0 Å². The molecule has 2 bridgehead atoms. The maximum atomic E-state index is 12.4. The normalized spacial score (nSPS) is 48.3. The predicted octanol–water partition coefficient (Wildman–Crippen LogP) is 0.744. The van der Waals surface area contributed by atoms with E-state index in [0.29, 0.717) is 0 Å². The van der Waals surface area contributed by atoms with Crippen LogP contribution in [-0.4, -0.2) is 48.2 Å². The molecule has 0 aromatic carbocycles. The molecule has 118 valence electrons. The molecule has 0 aromatic heterocycles. The van der Waals surface area contributed by atoms with Gasteiger partial charge in [0.2, 0.25) is 0 Å². The number of carbonyl (C=O) groups is 1. The molecule has 7 atom stereocenters. The van der Waals surface area contributed by atoms with Gasteiger partial charge in [-0.3, -0.25) is 4.79 Å².